The molecule has 16 heavy (non-hydrogen) atoms. The predicted octanol–water partition coefficient (Wildman–Crippen LogP) is 3.24. The number of aryl methyl sites for hydroxylation is 1. The van der Waals surface area contributed by atoms with Gasteiger partial charge in [-0.25, -0.2) is 4.79 Å². The summed E-state index contributed by atoms with van der Waals surface area (Å²) in [6.45, 7) is 2.43. The monoisotopic (exact) mass is 261 g/mol. The highest BCUT2D eigenvalue weighted by molar-refractivity contribution is 6.31. The Kier molecular flexibility index (Phi) is 4.44. The molecule has 1 aromatic carbocycles. The predicted molar refractivity (Wildman–Crippen MR) is 65.3 cm³/mol. The average Bonchev–Trinajstić information content (AvgIpc) is 2.17. The van der Waals surface area contributed by atoms with Crippen LogP contribution in [0.1, 0.15) is 23.6 Å². The summed E-state index contributed by atoms with van der Waals surface area (Å²) in [5, 5.41) is 3.47. The molecule has 0 aromatic heterocycles. The molecule has 2 rings (SSSR count). The zero-order valence-electron chi connectivity index (χ0n) is 8.83. The van der Waals surface area contributed by atoms with Crippen LogP contribution in [0.25, 0.3) is 0 Å². The molecule has 1 amide bonds. The smallest absolute Gasteiger partial charge is 0.407 e. The first-order valence-corrected chi connectivity index (χ1v) is 5.24. The fourth-order valence-corrected chi connectivity index (χ4v) is 2.18. The van der Waals surface area contributed by atoms with Gasteiger partial charge < -0.3 is 10.1 Å². The van der Waals surface area contributed by atoms with Gasteiger partial charge in [0.05, 0.1) is 12.6 Å². The molecule has 1 fully saturated rings. The highest BCUT2D eigenvalue weighted by atomic mass is 35.5. The summed E-state index contributed by atoms with van der Waals surface area (Å²) in [4.78, 5) is 11.1. The molecule has 1 aliphatic rings. The molecular weight excluding hydrogens is 249 g/mol. The summed E-state index contributed by atoms with van der Waals surface area (Å²) in [6.07, 6.45) is 0.390. The van der Waals surface area contributed by atoms with Crippen LogP contribution in [0.2, 0.25) is 5.02 Å². The number of nitrogens with one attached hydrogen (secondary N) is 1. The molecule has 0 unspecified atom stereocenters. The maximum atomic E-state index is 11.1. The van der Waals surface area contributed by atoms with E-state index in [2.05, 4.69) is 5.32 Å². The van der Waals surface area contributed by atoms with Gasteiger partial charge in [-0.1, -0.05) is 23.7 Å². The molecule has 5 heteroatoms. The Bertz CT molecular complexity index is 375. The zero-order chi connectivity index (χ0) is 10.8. The van der Waals surface area contributed by atoms with Gasteiger partial charge in [-0.05, 0) is 24.1 Å². The molecule has 1 aliphatic heterocycles. The first kappa shape index (κ1) is 13.1. The van der Waals surface area contributed by atoms with Crippen molar-refractivity contribution in [1.82, 2.24) is 5.32 Å². The SMILES string of the molecule is Cc1cccc(Cl)c1[C@H]1CCOC(=O)N1.Cl. The summed E-state index contributed by atoms with van der Waals surface area (Å²) in [5.41, 5.74) is 2.09. The van der Waals surface area contributed by atoms with Crippen molar-refractivity contribution in [2.75, 3.05) is 6.61 Å². The number of hydrogen-bond donors (Lipinski definition) is 1. The Balaban J connectivity index is 0.00000128. The summed E-state index contributed by atoms with van der Waals surface area (Å²) in [5.74, 6) is 0. The molecular formula is C11H13Cl2NO2. The highest BCUT2D eigenvalue weighted by Crippen LogP contribution is 2.29. The van der Waals surface area contributed by atoms with Crippen molar-refractivity contribution in [3.63, 3.8) is 0 Å². The number of amides is 1. The zero-order valence-corrected chi connectivity index (χ0v) is 10.4. The van der Waals surface area contributed by atoms with Crippen LogP contribution in [0.5, 0.6) is 0 Å². The number of hydrogen-bond acceptors (Lipinski definition) is 2. The minimum atomic E-state index is -0.370. The quantitative estimate of drug-likeness (QED) is 0.843. The van der Waals surface area contributed by atoms with Crippen LogP contribution in [0.15, 0.2) is 18.2 Å². The third kappa shape index (κ3) is 2.60. The number of carbonyl (C=O) groups is 1. The van der Waals surface area contributed by atoms with Crippen molar-refractivity contribution >= 4 is 30.1 Å². The Morgan fingerprint density at radius 1 is 1.50 bits per heavy atom. The van der Waals surface area contributed by atoms with E-state index in [1.165, 1.54) is 0 Å². The lowest BCUT2D eigenvalue weighted by molar-refractivity contribution is 0.115. The second-order valence-corrected chi connectivity index (χ2v) is 4.00. The van der Waals surface area contributed by atoms with Crippen molar-refractivity contribution < 1.29 is 9.53 Å². The number of halogens is 2. The average molecular weight is 262 g/mol. The van der Waals surface area contributed by atoms with Crippen LogP contribution in [0.4, 0.5) is 4.79 Å². The van der Waals surface area contributed by atoms with E-state index in [-0.39, 0.29) is 24.5 Å². The normalized spacial score (nSPS) is 19.4. The first-order valence-electron chi connectivity index (χ1n) is 4.87. The molecule has 0 saturated carbocycles. The molecule has 0 aliphatic carbocycles. The Morgan fingerprint density at radius 3 is 2.88 bits per heavy atom. The van der Waals surface area contributed by atoms with E-state index in [0.717, 1.165) is 17.5 Å². The molecule has 0 spiro atoms. The number of benzene rings is 1. The largest absolute Gasteiger partial charge is 0.449 e. The maximum Gasteiger partial charge on any atom is 0.407 e. The van der Waals surface area contributed by atoms with Gasteiger partial charge >= 0.3 is 6.09 Å². The lowest BCUT2D eigenvalue weighted by atomic mass is 9.98. The second-order valence-electron chi connectivity index (χ2n) is 3.59. The van der Waals surface area contributed by atoms with Crippen molar-refractivity contribution in [3.8, 4) is 0 Å². The van der Waals surface area contributed by atoms with E-state index in [9.17, 15) is 4.79 Å². The van der Waals surface area contributed by atoms with Gasteiger partial charge in [-0.15, -0.1) is 12.4 Å². The molecule has 1 atom stereocenters. The number of rotatable bonds is 1. The van der Waals surface area contributed by atoms with Crippen molar-refractivity contribution in [2.24, 2.45) is 0 Å². The lowest BCUT2D eigenvalue weighted by Gasteiger charge is -2.25. The summed E-state index contributed by atoms with van der Waals surface area (Å²) in [7, 11) is 0. The fourth-order valence-electron chi connectivity index (χ4n) is 1.83. The second kappa shape index (κ2) is 5.41. The van der Waals surface area contributed by atoms with E-state index in [0.29, 0.717) is 11.6 Å². The van der Waals surface area contributed by atoms with Gasteiger partial charge in [0.1, 0.15) is 0 Å². The summed E-state index contributed by atoms with van der Waals surface area (Å²) >= 11 is 6.12. The topological polar surface area (TPSA) is 38.3 Å². The lowest BCUT2D eigenvalue weighted by Crippen LogP contribution is -2.35. The number of alkyl carbamates (subject to hydrolysis) is 1. The van der Waals surface area contributed by atoms with Gasteiger partial charge in [-0.3, -0.25) is 0 Å². The molecule has 1 N–H and O–H groups in total. The standard InChI is InChI=1S/C11H12ClNO2.ClH/c1-7-3-2-4-8(12)10(7)9-5-6-15-11(14)13-9;/h2-4,9H,5-6H2,1H3,(H,13,14);1H/t9-;/m1./s1. The third-order valence-corrected chi connectivity index (χ3v) is 2.88. The van der Waals surface area contributed by atoms with Gasteiger partial charge in [0.2, 0.25) is 0 Å². The molecule has 1 heterocycles. The Hall–Kier alpha value is -0.930. The maximum absolute atomic E-state index is 11.1. The van der Waals surface area contributed by atoms with Gasteiger partial charge in [-0.2, -0.15) is 0 Å². The molecule has 0 bridgehead atoms. The first-order chi connectivity index (χ1) is 7.18. The van der Waals surface area contributed by atoms with E-state index >= 15 is 0 Å². The minimum absolute atomic E-state index is 0. The van der Waals surface area contributed by atoms with Crippen LogP contribution < -0.4 is 5.32 Å². The van der Waals surface area contributed by atoms with Crippen LogP contribution in [-0.2, 0) is 4.74 Å². The number of ether oxygens (including phenoxy) is 1. The third-order valence-electron chi connectivity index (χ3n) is 2.55. The van der Waals surface area contributed by atoms with E-state index < -0.39 is 0 Å². The fraction of sp³-hybridized carbons (Fsp3) is 0.364. The molecule has 3 nitrogen and oxygen atoms in total. The van der Waals surface area contributed by atoms with Crippen LogP contribution in [0.3, 0.4) is 0 Å². The Labute approximate surface area is 106 Å². The highest BCUT2D eigenvalue weighted by Gasteiger charge is 2.23. The van der Waals surface area contributed by atoms with Gasteiger partial charge in [0.15, 0.2) is 0 Å². The van der Waals surface area contributed by atoms with Crippen LogP contribution >= 0.6 is 24.0 Å². The van der Waals surface area contributed by atoms with Crippen molar-refractivity contribution in [3.05, 3.63) is 34.3 Å². The summed E-state index contributed by atoms with van der Waals surface area (Å²) < 4.78 is 4.82. The van der Waals surface area contributed by atoms with Gasteiger partial charge in [0.25, 0.3) is 0 Å². The van der Waals surface area contributed by atoms with Crippen LogP contribution in [0, 0.1) is 6.92 Å². The number of carbonyl (C=O) groups excluding carboxylic acids is 1. The van der Waals surface area contributed by atoms with E-state index in [4.69, 9.17) is 16.3 Å². The van der Waals surface area contributed by atoms with E-state index in [1.807, 2.05) is 25.1 Å². The molecule has 0 radical (unpaired) electrons. The van der Waals surface area contributed by atoms with Crippen LogP contribution in [-0.4, -0.2) is 12.7 Å². The minimum Gasteiger partial charge on any atom is -0.449 e. The molecule has 88 valence electrons. The molecule has 1 aromatic rings. The Morgan fingerprint density at radius 2 is 2.25 bits per heavy atom. The molecule has 1 saturated heterocycles. The number of cyclic esters (lactones) is 1. The summed E-state index contributed by atoms with van der Waals surface area (Å²) in [6, 6.07) is 5.70. The van der Waals surface area contributed by atoms with Gasteiger partial charge in [0, 0.05) is 11.4 Å². The van der Waals surface area contributed by atoms with Crippen molar-refractivity contribution in [2.45, 2.75) is 19.4 Å². The van der Waals surface area contributed by atoms with Crippen molar-refractivity contribution in [1.29, 1.82) is 0 Å². The van der Waals surface area contributed by atoms with E-state index in [1.54, 1.807) is 0 Å².